The molecule has 0 radical (unpaired) electrons. The smallest absolute Gasteiger partial charge is 0.407 e. The highest BCUT2D eigenvalue weighted by Gasteiger charge is 2.38. The van der Waals surface area contributed by atoms with Gasteiger partial charge in [-0.25, -0.2) is 22.3 Å². The zero-order valence-corrected chi connectivity index (χ0v) is 14.2. The summed E-state index contributed by atoms with van der Waals surface area (Å²) in [5, 5.41) is 9.25. The number of amides is 1. The van der Waals surface area contributed by atoms with Crippen LogP contribution in [-0.4, -0.2) is 49.4 Å². The molecule has 1 aliphatic rings. The summed E-state index contributed by atoms with van der Waals surface area (Å²) in [6.07, 6.45) is 0.343. The molecule has 6 nitrogen and oxygen atoms in total. The van der Waals surface area contributed by atoms with Crippen LogP contribution >= 0.6 is 15.9 Å². The summed E-state index contributed by atoms with van der Waals surface area (Å²) in [6, 6.07) is 3.56. The van der Waals surface area contributed by atoms with Crippen molar-refractivity contribution in [2.24, 2.45) is 0 Å². The standard InChI is InChI=1S/C13H16BrFN2O4S/c1-22(20,21)16-10-5-6-17(13(18)19)11(10)7-8-3-2-4-9(14)12(8)15/h2-4,10-11,16H,5-7H2,1H3,(H,18,19)/t10-,11-/m0/s1. The molecule has 2 rings (SSSR count). The quantitative estimate of drug-likeness (QED) is 0.814. The van der Waals surface area contributed by atoms with Gasteiger partial charge in [-0.2, -0.15) is 0 Å². The van der Waals surface area contributed by atoms with Gasteiger partial charge in [0.1, 0.15) is 5.82 Å². The van der Waals surface area contributed by atoms with Crippen molar-refractivity contribution in [3.8, 4) is 0 Å². The van der Waals surface area contributed by atoms with E-state index < -0.39 is 34.0 Å². The molecule has 1 heterocycles. The van der Waals surface area contributed by atoms with Crippen molar-refractivity contribution in [3.05, 3.63) is 34.1 Å². The SMILES string of the molecule is CS(=O)(=O)N[C@H]1CCN(C(=O)O)[C@H]1Cc1cccc(Br)c1F. The van der Waals surface area contributed by atoms with E-state index in [4.69, 9.17) is 0 Å². The minimum atomic E-state index is -3.47. The lowest BCUT2D eigenvalue weighted by molar-refractivity contribution is 0.137. The first kappa shape index (κ1) is 17.2. The fourth-order valence-corrected chi connectivity index (χ4v) is 3.92. The van der Waals surface area contributed by atoms with E-state index in [0.717, 1.165) is 11.2 Å². The molecule has 22 heavy (non-hydrogen) atoms. The van der Waals surface area contributed by atoms with Crippen LogP contribution in [0.15, 0.2) is 22.7 Å². The van der Waals surface area contributed by atoms with Gasteiger partial charge in [-0.1, -0.05) is 12.1 Å². The predicted octanol–water partition coefficient (Wildman–Crippen LogP) is 1.80. The van der Waals surface area contributed by atoms with E-state index in [1.54, 1.807) is 18.2 Å². The Kier molecular flexibility index (Phi) is 5.08. The molecule has 0 spiro atoms. The highest BCUT2D eigenvalue weighted by Crippen LogP contribution is 2.26. The lowest BCUT2D eigenvalue weighted by atomic mass is 10.0. The number of likely N-dealkylation sites (tertiary alicyclic amines) is 1. The van der Waals surface area contributed by atoms with Gasteiger partial charge in [0.2, 0.25) is 10.0 Å². The number of sulfonamides is 1. The summed E-state index contributed by atoms with van der Waals surface area (Å²) in [7, 11) is -3.47. The fourth-order valence-electron chi connectivity index (χ4n) is 2.69. The summed E-state index contributed by atoms with van der Waals surface area (Å²) < 4.78 is 39.7. The molecule has 9 heteroatoms. The Morgan fingerprint density at radius 1 is 1.55 bits per heavy atom. The molecule has 0 bridgehead atoms. The third-order valence-electron chi connectivity index (χ3n) is 3.62. The van der Waals surface area contributed by atoms with Gasteiger partial charge >= 0.3 is 6.09 Å². The van der Waals surface area contributed by atoms with E-state index >= 15 is 0 Å². The van der Waals surface area contributed by atoms with Gasteiger partial charge < -0.3 is 10.0 Å². The van der Waals surface area contributed by atoms with E-state index in [1.807, 2.05) is 0 Å². The lowest BCUT2D eigenvalue weighted by Gasteiger charge is -2.26. The van der Waals surface area contributed by atoms with Crippen LogP contribution in [0.1, 0.15) is 12.0 Å². The minimum absolute atomic E-state index is 0.102. The van der Waals surface area contributed by atoms with Crippen molar-refractivity contribution in [1.29, 1.82) is 0 Å². The van der Waals surface area contributed by atoms with Crippen LogP contribution < -0.4 is 4.72 Å². The Morgan fingerprint density at radius 2 is 2.23 bits per heavy atom. The van der Waals surface area contributed by atoms with Crippen molar-refractivity contribution < 1.29 is 22.7 Å². The zero-order valence-electron chi connectivity index (χ0n) is 11.8. The first-order valence-electron chi connectivity index (χ1n) is 6.59. The molecule has 1 aromatic rings. The monoisotopic (exact) mass is 394 g/mol. The second-order valence-corrected chi connectivity index (χ2v) is 7.88. The van der Waals surface area contributed by atoms with Crippen LogP contribution in [0.4, 0.5) is 9.18 Å². The molecular formula is C13H16BrFN2O4S. The summed E-state index contributed by atoms with van der Waals surface area (Å²) in [6.45, 7) is 0.211. The maximum atomic E-state index is 14.1. The van der Waals surface area contributed by atoms with Crippen molar-refractivity contribution in [2.75, 3.05) is 12.8 Å². The van der Waals surface area contributed by atoms with E-state index in [9.17, 15) is 22.7 Å². The van der Waals surface area contributed by atoms with Gasteiger partial charge in [-0.15, -0.1) is 0 Å². The van der Waals surface area contributed by atoms with Gasteiger partial charge in [0, 0.05) is 12.6 Å². The Morgan fingerprint density at radius 3 is 2.82 bits per heavy atom. The number of hydrogen-bond acceptors (Lipinski definition) is 3. The van der Waals surface area contributed by atoms with Crippen molar-refractivity contribution in [3.63, 3.8) is 0 Å². The van der Waals surface area contributed by atoms with E-state index in [2.05, 4.69) is 20.7 Å². The Labute approximate surface area is 136 Å². The molecule has 1 fully saturated rings. The number of benzene rings is 1. The van der Waals surface area contributed by atoms with Crippen LogP contribution in [0.3, 0.4) is 0 Å². The Bertz CT molecular complexity index is 683. The van der Waals surface area contributed by atoms with Crippen LogP contribution in [0.25, 0.3) is 0 Å². The molecule has 1 aliphatic heterocycles. The first-order chi connectivity index (χ1) is 10.2. The van der Waals surface area contributed by atoms with Gasteiger partial charge in [-0.3, -0.25) is 0 Å². The topological polar surface area (TPSA) is 86.7 Å². The second kappa shape index (κ2) is 6.51. The maximum absolute atomic E-state index is 14.1. The van der Waals surface area contributed by atoms with Crippen molar-refractivity contribution >= 4 is 32.0 Å². The van der Waals surface area contributed by atoms with Crippen LogP contribution in [0.5, 0.6) is 0 Å². The molecule has 1 saturated heterocycles. The van der Waals surface area contributed by atoms with Gasteiger partial charge in [0.25, 0.3) is 0 Å². The van der Waals surface area contributed by atoms with Crippen LogP contribution in [0.2, 0.25) is 0 Å². The molecule has 0 aromatic heterocycles. The van der Waals surface area contributed by atoms with Gasteiger partial charge in [-0.05, 0) is 40.4 Å². The van der Waals surface area contributed by atoms with Crippen molar-refractivity contribution in [1.82, 2.24) is 9.62 Å². The third kappa shape index (κ3) is 3.96. The van der Waals surface area contributed by atoms with Gasteiger partial charge in [0.05, 0.1) is 16.8 Å². The lowest BCUT2D eigenvalue weighted by Crippen LogP contribution is -2.47. The number of nitrogens with one attached hydrogen (secondary N) is 1. The first-order valence-corrected chi connectivity index (χ1v) is 9.27. The van der Waals surface area contributed by atoms with Crippen LogP contribution in [0, 0.1) is 5.82 Å². The average Bonchev–Trinajstić information content (AvgIpc) is 2.76. The fraction of sp³-hybridized carbons (Fsp3) is 0.462. The number of nitrogens with zero attached hydrogens (tertiary/aromatic N) is 1. The molecule has 1 amide bonds. The summed E-state index contributed by atoms with van der Waals surface area (Å²) in [4.78, 5) is 12.5. The Balaban J connectivity index is 2.28. The predicted molar refractivity (Wildman–Crippen MR) is 82.7 cm³/mol. The largest absolute Gasteiger partial charge is 0.465 e. The molecule has 1 aromatic carbocycles. The van der Waals surface area contributed by atoms with Crippen LogP contribution in [-0.2, 0) is 16.4 Å². The highest BCUT2D eigenvalue weighted by atomic mass is 79.9. The number of hydrogen-bond donors (Lipinski definition) is 2. The minimum Gasteiger partial charge on any atom is -0.465 e. The summed E-state index contributed by atoms with van der Waals surface area (Å²) in [5.74, 6) is -0.460. The molecule has 0 unspecified atom stereocenters. The molecule has 2 N–H and O–H groups in total. The molecule has 2 atom stereocenters. The highest BCUT2D eigenvalue weighted by molar-refractivity contribution is 9.10. The van der Waals surface area contributed by atoms with Crippen molar-refractivity contribution in [2.45, 2.75) is 24.9 Å². The van der Waals surface area contributed by atoms with Gasteiger partial charge in [0.15, 0.2) is 0 Å². The summed E-state index contributed by atoms with van der Waals surface area (Å²) >= 11 is 3.09. The normalized spacial score (nSPS) is 22.0. The number of rotatable bonds is 4. The molecule has 122 valence electrons. The van der Waals surface area contributed by atoms with E-state index in [1.165, 1.54) is 0 Å². The number of carboxylic acid groups (broad SMARTS) is 1. The number of halogens is 2. The molecular weight excluding hydrogens is 379 g/mol. The third-order valence-corrected chi connectivity index (χ3v) is 4.96. The second-order valence-electron chi connectivity index (χ2n) is 5.25. The average molecular weight is 395 g/mol. The number of carbonyl (C=O) groups is 1. The van der Waals surface area contributed by atoms with E-state index in [-0.39, 0.29) is 17.4 Å². The maximum Gasteiger partial charge on any atom is 0.407 e. The molecule has 0 aliphatic carbocycles. The van der Waals surface area contributed by atoms with E-state index in [0.29, 0.717) is 12.0 Å². The summed E-state index contributed by atoms with van der Waals surface area (Å²) in [5.41, 5.74) is 0.341. The molecule has 0 saturated carbocycles. The zero-order chi connectivity index (χ0) is 16.5. The Hall–Kier alpha value is -1.19.